The normalized spacial score (nSPS) is 11.1. The van der Waals surface area contributed by atoms with E-state index in [1.807, 2.05) is 55.5 Å². The molecule has 0 atom stereocenters. The quantitative estimate of drug-likeness (QED) is 0.855. The molecule has 0 aliphatic heterocycles. The zero-order chi connectivity index (χ0) is 16.9. The number of ether oxygens (including phenoxy) is 2. The number of hydrogen-bond donors (Lipinski definition) is 1. The Morgan fingerprint density at radius 2 is 1.22 bits per heavy atom. The summed E-state index contributed by atoms with van der Waals surface area (Å²) < 4.78 is 10.3. The van der Waals surface area contributed by atoms with E-state index in [-0.39, 0.29) is 5.91 Å². The van der Waals surface area contributed by atoms with Crippen molar-refractivity contribution in [2.75, 3.05) is 14.2 Å². The van der Waals surface area contributed by atoms with E-state index in [1.54, 1.807) is 14.2 Å². The Labute approximate surface area is 137 Å². The largest absolute Gasteiger partial charge is 0.497 e. The van der Waals surface area contributed by atoms with Gasteiger partial charge in [0.25, 0.3) is 0 Å². The number of primary amides is 1. The number of rotatable bonds is 7. The van der Waals surface area contributed by atoms with Crippen molar-refractivity contribution in [3.8, 4) is 11.5 Å². The molecule has 0 radical (unpaired) electrons. The minimum absolute atomic E-state index is 0.302. The van der Waals surface area contributed by atoms with Crippen LogP contribution in [0.1, 0.15) is 18.1 Å². The first-order chi connectivity index (χ1) is 11.0. The zero-order valence-electron chi connectivity index (χ0n) is 13.8. The Hall–Kier alpha value is -2.49. The van der Waals surface area contributed by atoms with E-state index in [1.165, 1.54) is 0 Å². The highest BCUT2D eigenvalue weighted by atomic mass is 16.5. The maximum atomic E-state index is 12.0. The third kappa shape index (κ3) is 4.25. The van der Waals surface area contributed by atoms with Crippen molar-refractivity contribution >= 4 is 5.91 Å². The van der Waals surface area contributed by atoms with Crippen molar-refractivity contribution in [1.29, 1.82) is 0 Å². The van der Waals surface area contributed by atoms with Gasteiger partial charge >= 0.3 is 0 Å². The van der Waals surface area contributed by atoms with E-state index in [2.05, 4.69) is 0 Å². The first-order valence-corrected chi connectivity index (χ1v) is 7.52. The molecule has 2 rings (SSSR count). The zero-order valence-corrected chi connectivity index (χ0v) is 13.8. The van der Waals surface area contributed by atoms with Gasteiger partial charge < -0.3 is 15.2 Å². The molecular weight excluding hydrogens is 290 g/mol. The highest BCUT2D eigenvalue weighted by Crippen LogP contribution is 2.29. The Balaban J connectivity index is 2.18. The summed E-state index contributed by atoms with van der Waals surface area (Å²) in [5, 5.41) is 0. The molecule has 2 N–H and O–H groups in total. The van der Waals surface area contributed by atoms with Gasteiger partial charge in [-0.2, -0.15) is 0 Å². The smallest absolute Gasteiger partial charge is 0.224 e. The molecule has 122 valence electrons. The summed E-state index contributed by atoms with van der Waals surface area (Å²) >= 11 is 0. The minimum Gasteiger partial charge on any atom is -0.497 e. The fraction of sp³-hybridized carbons (Fsp3) is 0.316. The van der Waals surface area contributed by atoms with E-state index in [0.717, 1.165) is 22.6 Å². The molecule has 0 aromatic heterocycles. The highest BCUT2D eigenvalue weighted by Gasteiger charge is 2.31. The Morgan fingerprint density at radius 1 is 0.870 bits per heavy atom. The molecule has 4 nitrogen and oxygen atoms in total. The van der Waals surface area contributed by atoms with Gasteiger partial charge in [0, 0.05) is 0 Å². The van der Waals surface area contributed by atoms with Crippen LogP contribution in [0.15, 0.2) is 48.5 Å². The van der Waals surface area contributed by atoms with Crippen LogP contribution < -0.4 is 15.2 Å². The highest BCUT2D eigenvalue weighted by molar-refractivity contribution is 5.81. The lowest BCUT2D eigenvalue weighted by Gasteiger charge is -2.26. The summed E-state index contributed by atoms with van der Waals surface area (Å²) in [6, 6.07) is 15.4. The summed E-state index contributed by atoms with van der Waals surface area (Å²) in [5.41, 5.74) is 7.15. The van der Waals surface area contributed by atoms with Crippen LogP contribution in [-0.4, -0.2) is 20.1 Å². The molecule has 0 saturated carbocycles. The van der Waals surface area contributed by atoms with E-state index in [0.29, 0.717) is 12.8 Å². The van der Waals surface area contributed by atoms with E-state index in [9.17, 15) is 4.79 Å². The van der Waals surface area contributed by atoms with Crippen LogP contribution in [0.5, 0.6) is 11.5 Å². The van der Waals surface area contributed by atoms with Gasteiger partial charge in [0.15, 0.2) is 0 Å². The third-order valence-electron chi connectivity index (χ3n) is 4.10. The van der Waals surface area contributed by atoms with Gasteiger partial charge in [-0.1, -0.05) is 31.2 Å². The van der Waals surface area contributed by atoms with Gasteiger partial charge in [0.1, 0.15) is 11.5 Å². The summed E-state index contributed by atoms with van der Waals surface area (Å²) in [4.78, 5) is 12.0. The molecule has 0 aliphatic carbocycles. The summed E-state index contributed by atoms with van der Waals surface area (Å²) in [6.07, 6.45) is 1.16. The Morgan fingerprint density at radius 3 is 1.48 bits per heavy atom. The minimum atomic E-state index is -0.650. The maximum absolute atomic E-state index is 12.0. The average Bonchev–Trinajstić information content (AvgIpc) is 2.56. The van der Waals surface area contributed by atoms with Crippen molar-refractivity contribution in [1.82, 2.24) is 0 Å². The van der Waals surface area contributed by atoms with Gasteiger partial charge in [0.2, 0.25) is 5.91 Å². The first-order valence-electron chi connectivity index (χ1n) is 7.52. The predicted molar refractivity (Wildman–Crippen MR) is 90.7 cm³/mol. The van der Waals surface area contributed by atoms with Crippen molar-refractivity contribution in [2.45, 2.75) is 19.8 Å². The fourth-order valence-corrected chi connectivity index (χ4v) is 2.62. The maximum Gasteiger partial charge on any atom is 0.224 e. The van der Waals surface area contributed by atoms with E-state index < -0.39 is 5.41 Å². The van der Waals surface area contributed by atoms with Gasteiger partial charge in [-0.05, 0) is 48.2 Å². The van der Waals surface area contributed by atoms with Crippen LogP contribution >= 0.6 is 0 Å². The molecule has 4 heteroatoms. The summed E-state index contributed by atoms with van der Waals surface area (Å²) in [7, 11) is 3.26. The second-order valence-electron chi connectivity index (χ2n) is 5.97. The second kappa shape index (κ2) is 7.18. The lowest BCUT2D eigenvalue weighted by molar-refractivity contribution is -0.126. The van der Waals surface area contributed by atoms with E-state index in [4.69, 9.17) is 15.2 Å². The van der Waals surface area contributed by atoms with Crippen molar-refractivity contribution in [2.24, 2.45) is 11.1 Å². The molecule has 0 fully saturated rings. The molecule has 2 aromatic carbocycles. The van der Waals surface area contributed by atoms with Gasteiger partial charge in [-0.25, -0.2) is 0 Å². The lowest BCUT2D eigenvalue weighted by atomic mass is 9.77. The second-order valence-corrected chi connectivity index (χ2v) is 5.97. The molecule has 0 saturated heterocycles. The number of benzene rings is 2. The number of carbonyl (C=O) groups excluding carboxylic acids is 1. The summed E-state index contributed by atoms with van der Waals surface area (Å²) in [6.45, 7) is 1.91. The first kappa shape index (κ1) is 16.9. The van der Waals surface area contributed by atoms with E-state index >= 15 is 0 Å². The molecule has 1 amide bonds. The number of hydrogen-bond acceptors (Lipinski definition) is 3. The van der Waals surface area contributed by atoms with Crippen molar-refractivity contribution in [3.63, 3.8) is 0 Å². The molecule has 0 aliphatic rings. The van der Waals surface area contributed by atoms with Crippen LogP contribution in [0.4, 0.5) is 0 Å². The van der Waals surface area contributed by atoms with Crippen LogP contribution in [0.3, 0.4) is 0 Å². The molecule has 23 heavy (non-hydrogen) atoms. The average molecular weight is 313 g/mol. The molecule has 0 unspecified atom stereocenters. The fourth-order valence-electron chi connectivity index (χ4n) is 2.62. The standard InChI is InChI=1S/C19H23NO3/c1-19(18(20)21,12-14-4-8-16(22-2)9-5-14)13-15-6-10-17(23-3)11-7-15/h4-11H,12-13H2,1-3H3,(H2,20,21). The monoisotopic (exact) mass is 313 g/mol. The van der Waals surface area contributed by atoms with Crippen molar-refractivity contribution < 1.29 is 14.3 Å². The molecular formula is C19H23NO3. The van der Waals surface area contributed by atoms with Crippen LogP contribution in [-0.2, 0) is 17.6 Å². The van der Waals surface area contributed by atoms with Gasteiger partial charge in [-0.3, -0.25) is 4.79 Å². The van der Waals surface area contributed by atoms with Crippen LogP contribution in [0.2, 0.25) is 0 Å². The lowest BCUT2D eigenvalue weighted by Crippen LogP contribution is -2.38. The van der Waals surface area contributed by atoms with Crippen LogP contribution in [0, 0.1) is 5.41 Å². The van der Waals surface area contributed by atoms with Gasteiger partial charge in [-0.15, -0.1) is 0 Å². The van der Waals surface area contributed by atoms with Gasteiger partial charge in [0.05, 0.1) is 19.6 Å². The Bertz CT molecular complexity index is 598. The molecule has 0 spiro atoms. The number of nitrogens with two attached hydrogens (primary N) is 1. The SMILES string of the molecule is COc1ccc(CC(C)(Cc2ccc(OC)cc2)C(N)=O)cc1. The number of amides is 1. The summed E-state index contributed by atoms with van der Waals surface area (Å²) in [5.74, 6) is 1.29. The number of carbonyl (C=O) groups is 1. The predicted octanol–water partition coefficient (Wildman–Crippen LogP) is 2.98. The van der Waals surface area contributed by atoms with Crippen molar-refractivity contribution in [3.05, 3.63) is 59.7 Å². The molecule has 0 heterocycles. The number of methoxy groups -OCH3 is 2. The topological polar surface area (TPSA) is 61.6 Å². The molecule has 0 bridgehead atoms. The molecule has 2 aromatic rings. The third-order valence-corrected chi connectivity index (χ3v) is 4.10. The van der Waals surface area contributed by atoms with Crippen LogP contribution in [0.25, 0.3) is 0 Å². The Kier molecular flexibility index (Phi) is 5.27.